The first-order valence-corrected chi connectivity index (χ1v) is 8.31. The Morgan fingerprint density at radius 2 is 2.08 bits per heavy atom. The van der Waals surface area contributed by atoms with Gasteiger partial charge in [-0.2, -0.15) is 5.10 Å². The number of carbonyl (C=O) groups excluding carboxylic acids is 2. The lowest BCUT2D eigenvalue weighted by molar-refractivity contribution is -0.132. The predicted octanol–water partition coefficient (Wildman–Crippen LogP) is 2.45. The van der Waals surface area contributed by atoms with Crippen LogP contribution in [-0.2, 0) is 9.59 Å². The Bertz CT molecular complexity index is 796. The van der Waals surface area contributed by atoms with Crippen LogP contribution in [0.3, 0.4) is 0 Å². The second-order valence-electron chi connectivity index (χ2n) is 6.36. The van der Waals surface area contributed by atoms with E-state index in [2.05, 4.69) is 15.4 Å². The van der Waals surface area contributed by atoms with Crippen LogP contribution in [0, 0.1) is 5.92 Å². The number of benzene rings is 1. The van der Waals surface area contributed by atoms with Gasteiger partial charge in [0.1, 0.15) is 5.71 Å². The average Bonchev–Trinajstić information content (AvgIpc) is 3.11. The van der Waals surface area contributed by atoms with Crippen LogP contribution in [-0.4, -0.2) is 38.6 Å². The molecule has 0 saturated heterocycles. The summed E-state index contributed by atoms with van der Waals surface area (Å²) in [6, 6.07) is 7.47. The van der Waals surface area contributed by atoms with Crippen molar-refractivity contribution in [2.75, 3.05) is 11.9 Å². The summed E-state index contributed by atoms with van der Waals surface area (Å²) in [4.78, 5) is 28.6. The van der Waals surface area contributed by atoms with E-state index in [0.717, 1.165) is 5.69 Å². The molecule has 0 saturated carbocycles. The van der Waals surface area contributed by atoms with Gasteiger partial charge in [0.15, 0.2) is 0 Å². The minimum atomic E-state index is -0.283. The monoisotopic (exact) mass is 339 g/mol. The van der Waals surface area contributed by atoms with Crippen LogP contribution in [0.25, 0.3) is 5.69 Å². The molecule has 2 amide bonds. The minimum absolute atomic E-state index is 0.0379. The van der Waals surface area contributed by atoms with Crippen molar-refractivity contribution < 1.29 is 9.59 Å². The lowest BCUT2D eigenvalue weighted by Gasteiger charge is -2.24. The molecule has 0 atom stereocenters. The van der Waals surface area contributed by atoms with E-state index in [4.69, 9.17) is 0 Å². The molecule has 0 bridgehead atoms. The summed E-state index contributed by atoms with van der Waals surface area (Å²) in [6.45, 7) is 4.54. The van der Waals surface area contributed by atoms with E-state index in [0.29, 0.717) is 30.8 Å². The van der Waals surface area contributed by atoms with Crippen LogP contribution >= 0.6 is 0 Å². The van der Waals surface area contributed by atoms with E-state index in [9.17, 15) is 9.59 Å². The van der Waals surface area contributed by atoms with Gasteiger partial charge in [-0.15, -0.1) is 0 Å². The van der Waals surface area contributed by atoms with Crippen molar-refractivity contribution in [1.82, 2.24) is 14.6 Å². The van der Waals surface area contributed by atoms with Crippen molar-refractivity contribution in [2.45, 2.75) is 26.7 Å². The molecular formula is C18H21N5O2. The van der Waals surface area contributed by atoms with Crippen molar-refractivity contribution >= 4 is 23.2 Å². The Kier molecular flexibility index (Phi) is 4.92. The van der Waals surface area contributed by atoms with Crippen molar-refractivity contribution in [3.63, 3.8) is 0 Å². The molecule has 1 aliphatic rings. The van der Waals surface area contributed by atoms with Crippen LogP contribution < -0.4 is 5.32 Å². The lowest BCUT2D eigenvalue weighted by atomic mass is 10.1. The van der Waals surface area contributed by atoms with E-state index in [1.54, 1.807) is 12.5 Å². The molecule has 0 unspecified atom stereocenters. The SMILES string of the molecule is CC(C)CN1N=C(C(=O)Nc2ccccc2-n2ccnc2)CCC1=O. The molecule has 1 N–H and O–H groups in total. The summed E-state index contributed by atoms with van der Waals surface area (Å²) < 4.78 is 1.83. The minimum Gasteiger partial charge on any atom is -0.319 e. The zero-order chi connectivity index (χ0) is 17.8. The van der Waals surface area contributed by atoms with E-state index >= 15 is 0 Å². The first-order chi connectivity index (χ1) is 12.0. The number of rotatable bonds is 5. The van der Waals surface area contributed by atoms with Crippen molar-refractivity contribution in [3.8, 4) is 5.69 Å². The maximum atomic E-state index is 12.6. The standard InChI is InChI=1S/C18H21N5O2/c1-13(2)11-23-17(24)8-7-15(21-23)18(25)20-14-5-3-4-6-16(14)22-10-9-19-12-22/h3-6,9-10,12-13H,7-8,11H2,1-2H3,(H,20,25). The molecule has 1 aromatic heterocycles. The summed E-state index contributed by atoms with van der Waals surface area (Å²) in [5.74, 6) is -0.0324. The number of aromatic nitrogens is 2. The number of carbonyl (C=O) groups is 2. The molecule has 7 nitrogen and oxygen atoms in total. The first-order valence-electron chi connectivity index (χ1n) is 8.31. The van der Waals surface area contributed by atoms with Gasteiger partial charge >= 0.3 is 0 Å². The molecule has 1 aliphatic heterocycles. The van der Waals surface area contributed by atoms with Gasteiger partial charge in [0.05, 0.1) is 17.7 Å². The fourth-order valence-electron chi connectivity index (χ4n) is 2.65. The number of nitrogens with zero attached hydrogens (tertiary/aromatic N) is 4. The Morgan fingerprint density at radius 3 is 2.80 bits per heavy atom. The van der Waals surface area contributed by atoms with Crippen molar-refractivity contribution in [1.29, 1.82) is 0 Å². The molecule has 2 aromatic rings. The molecule has 130 valence electrons. The topological polar surface area (TPSA) is 79.6 Å². The summed E-state index contributed by atoms with van der Waals surface area (Å²) in [5, 5.41) is 8.57. The maximum Gasteiger partial charge on any atom is 0.271 e. The summed E-state index contributed by atoms with van der Waals surface area (Å²) in [5.41, 5.74) is 1.86. The van der Waals surface area contributed by atoms with Gasteiger partial charge < -0.3 is 9.88 Å². The maximum absolute atomic E-state index is 12.6. The Morgan fingerprint density at radius 1 is 1.28 bits per heavy atom. The molecule has 3 rings (SSSR count). The van der Waals surface area contributed by atoms with E-state index in [1.807, 2.05) is 48.9 Å². The third-order valence-corrected chi connectivity index (χ3v) is 3.84. The number of amides is 2. The molecule has 0 fully saturated rings. The second-order valence-corrected chi connectivity index (χ2v) is 6.36. The molecule has 0 aliphatic carbocycles. The van der Waals surface area contributed by atoms with E-state index in [-0.39, 0.29) is 17.7 Å². The van der Waals surface area contributed by atoms with Gasteiger partial charge in [0.2, 0.25) is 5.91 Å². The summed E-state index contributed by atoms with van der Waals surface area (Å²) >= 11 is 0. The van der Waals surface area contributed by atoms with E-state index in [1.165, 1.54) is 5.01 Å². The molecule has 2 heterocycles. The first kappa shape index (κ1) is 16.9. The van der Waals surface area contributed by atoms with Crippen molar-refractivity contribution in [3.05, 3.63) is 43.0 Å². The molecular weight excluding hydrogens is 318 g/mol. The molecule has 25 heavy (non-hydrogen) atoms. The highest BCUT2D eigenvalue weighted by atomic mass is 16.2. The predicted molar refractivity (Wildman–Crippen MR) is 95.4 cm³/mol. The van der Waals surface area contributed by atoms with Crippen LogP contribution in [0.5, 0.6) is 0 Å². The summed E-state index contributed by atoms with van der Waals surface area (Å²) in [7, 11) is 0. The van der Waals surface area contributed by atoms with Crippen molar-refractivity contribution in [2.24, 2.45) is 11.0 Å². The lowest BCUT2D eigenvalue weighted by Crippen LogP contribution is -2.38. The molecule has 7 heteroatoms. The number of hydrogen-bond acceptors (Lipinski definition) is 4. The van der Waals surface area contributed by atoms with Gasteiger partial charge in [-0.1, -0.05) is 26.0 Å². The number of nitrogens with one attached hydrogen (secondary N) is 1. The molecule has 1 aromatic carbocycles. The number of para-hydroxylation sites is 2. The normalized spacial score (nSPS) is 14.6. The Balaban J connectivity index is 1.80. The fourth-order valence-corrected chi connectivity index (χ4v) is 2.65. The van der Waals surface area contributed by atoms with Gasteiger partial charge in [0, 0.05) is 31.8 Å². The van der Waals surface area contributed by atoms with Crippen LogP contribution in [0.1, 0.15) is 26.7 Å². The zero-order valence-electron chi connectivity index (χ0n) is 14.3. The largest absolute Gasteiger partial charge is 0.319 e. The highest BCUT2D eigenvalue weighted by molar-refractivity contribution is 6.43. The Hall–Kier alpha value is -2.96. The average molecular weight is 339 g/mol. The van der Waals surface area contributed by atoms with Gasteiger partial charge in [-0.25, -0.2) is 9.99 Å². The third-order valence-electron chi connectivity index (χ3n) is 3.84. The smallest absolute Gasteiger partial charge is 0.271 e. The quantitative estimate of drug-likeness (QED) is 0.908. The molecule has 0 spiro atoms. The fraction of sp³-hybridized carbons (Fsp3) is 0.333. The summed E-state index contributed by atoms with van der Waals surface area (Å²) in [6.07, 6.45) is 5.83. The zero-order valence-corrected chi connectivity index (χ0v) is 14.3. The van der Waals surface area contributed by atoms with Crippen LogP contribution in [0.4, 0.5) is 5.69 Å². The van der Waals surface area contributed by atoms with Crippen LogP contribution in [0.15, 0.2) is 48.1 Å². The highest BCUT2D eigenvalue weighted by Gasteiger charge is 2.25. The Labute approximate surface area is 146 Å². The van der Waals surface area contributed by atoms with Gasteiger partial charge in [-0.3, -0.25) is 9.59 Å². The second kappa shape index (κ2) is 7.29. The number of hydrogen-bond donors (Lipinski definition) is 1. The third kappa shape index (κ3) is 3.93. The molecule has 0 radical (unpaired) electrons. The van der Waals surface area contributed by atoms with Gasteiger partial charge in [0.25, 0.3) is 5.91 Å². The number of imidazole rings is 1. The van der Waals surface area contributed by atoms with E-state index < -0.39 is 0 Å². The number of anilines is 1. The van der Waals surface area contributed by atoms with Gasteiger partial charge in [-0.05, 0) is 18.1 Å². The number of hydrazone groups is 1. The highest BCUT2D eigenvalue weighted by Crippen LogP contribution is 2.20. The van der Waals surface area contributed by atoms with Crippen LogP contribution in [0.2, 0.25) is 0 Å².